The number of nitrogens with zero attached hydrogens (tertiary/aromatic N) is 1. The Hall–Kier alpha value is -2.02. The third kappa shape index (κ3) is 3.98. The lowest BCUT2D eigenvalue weighted by Gasteiger charge is -2.08. The van der Waals surface area contributed by atoms with Gasteiger partial charge in [-0.25, -0.2) is 4.98 Å². The largest absolute Gasteiger partial charge is 0.481 e. The van der Waals surface area contributed by atoms with Crippen LogP contribution in [-0.4, -0.2) is 16.1 Å². The molecule has 0 atom stereocenters. The highest BCUT2D eigenvalue weighted by atomic mass is 35.5. The fourth-order valence-electron chi connectivity index (χ4n) is 1.67. The molecule has 112 valence electrons. The van der Waals surface area contributed by atoms with Crippen LogP contribution in [0.1, 0.15) is 17.9 Å². The summed E-state index contributed by atoms with van der Waals surface area (Å²) in [6, 6.07) is 3.05. The highest BCUT2D eigenvalue weighted by Crippen LogP contribution is 2.34. The molecule has 1 heterocycles. The molecule has 1 N–H and O–H groups in total. The number of carboxylic acid groups (broad SMARTS) is 1. The molecule has 4 nitrogen and oxygen atoms in total. The van der Waals surface area contributed by atoms with Crippen LogP contribution in [0.25, 0.3) is 11.3 Å². The Kier molecular flexibility index (Phi) is 4.22. The summed E-state index contributed by atoms with van der Waals surface area (Å²) in [5.74, 6) is -0.877. The molecule has 0 saturated carbocycles. The van der Waals surface area contributed by atoms with Crippen LogP contribution in [0.2, 0.25) is 5.02 Å². The van der Waals surface area contributed by atoms with Gasteiger partial charge < -0.3 is 9.52 Å². The fraction of sp³-hybridized carbons (Fsp3) is 0.231. The van der Waals surface area contributed by atoms with E-state index >= 15 is 0 Å². The average Bonchev–Trinajstić information content (AvgIpc) is 2.83. The summed E-state index contributed by atoms with van der Waals surface area (Å²) in [5.41, 5.74) is -0.566. The lowest BCUT2D eigenvalue weighted by molar-refractivity contribution is -0.138. The molecule has 0 amide bonds. The molecule has 0 spiro atoms. The van der Waals surface area contributed by atoms with E-state index < -0.39 is 17.7 Å². The van der Waals surface area contributed by atoms with Crippen LogP contribution in [0.15, 0.2) is 28.9 Å². The Morgan fingerprint density at radius 2 is 2.05 bits per heavy atom. The fourth-order valence-corrected chi connectivity index (χ4v) is 1.91. The van der Waals surface area contributed by atoms with Crippen LogP contribution in [0.3, 0.4) is 0 Å². The third-order valence-electron chi connectivity index (χ3n) is 2.63. The number of oxazole rings is 1. The van der Waals surface area contributed by atoms with Crippen molar-refractivity contribution >= 4 is 17.6 Å². The highest BCUT2D eigenvalue weighted by molar-refractivity contribution is 6.30. The van der Waals surface area contributed by atoms with E-state index in [1.54, 1.807) is 0 Å². The van der Waals surface area contributed by atoms with Gasteiger partial charge in [-0.05, 0) is 18.2 Å². The van der Waals surface area contributed by atoms with Crippen molar-refractivity contribution in [1.82, 2.24) is 4.98 Å². The highest BCUT2D eigenvalue weighted by Gasteiger charge is 2.31. The minimum Gasteiger partial charge on any atom is -0.481 e. The molecule has 0 aliphatic rings. The average molecular weight is 320 g/mol. The summed E-state index contributed by atoms with van der Waals surface area (Å²) in [6.07, 6.45) is -3.47. The van der Waals surface area contributed by atoms with Crippen LogP contribution in [0, 0.1) is 0 Å². The maximum Gasteiger partial charge on any atom is 0.416 e. The number of aromatic nitrogens is 1. The monoisotopic (exact) mass is 319 g/mol. The lowest BCUT2D eigenvalue weighted by atomic mass is 10.1. The normalized spacial score (nSPS) is 11.6. The van der Waals surface area contributed by atoms with Crippen molar-refractivity contribution in [3.8, 4) is 11.3 Å². The summed E-state index contributed by atoms with van der Waals surface area (Å²) >= 11 is 5.68. The topological polar surface area (TPSA) is 63.3 Å². The van der Waals surface area contributed by atoms with Gasteiger partial charge in [-0.15, -0.1) is 0 Å². The molecule has 1 aromatic carbocycles. The SMILES string of the molecule is O=C(O)CCc1nc(-c2cc(Cl)cc(C(F)(F)F)c2)co1. The number of carbonyl (C=O) groups is 1. The van der Waals surface area contributed by atoms with Gasteiger partial charge in [0.1, 0.15) is 12.0 Å². The van der Waals surface area contributed by atoms with Gasteiger partial charge in [-0.2, -0.15) is 13.2 Å². The summed E-state index contributed by atoms with van der Waals surface area (Å²) in [6.45, 7) is 0. The Morgan fingerprint density at radius 3 is 2.67 bits per heavy atom. The van der Waals surface area contributed by atoms with Crippen LogP contribution in [0.4, 0.5) is 13.2 Å². The van der Waals surface area contributed by atoms with Crippen molar-refractivity contribution in [2.24, 2.45) is 0 Å². The maximum atomic E-state index is 12.7. The van der Waals surface area contributed by atoms with E-state index in [0.29, 0.717) is 0 Å². The van der Waals surface area contributed by atoms with Gasteiger partial charge in [0.05, 0.1) is 12.0 Å². The minimum atomic E-state index is -4.52. The molecule has 8 heteroatoms. The van der Waals surface area contributed by atoms with E-state index in [-0.39, 0.29) is 35.0 Å². The molecule has 0 bridgehead atoms. The van der Waals surface area contributed by atoms with E-state index in [9.17, 15) is 18.0 Å². The number of aliphatic carboxylic acids is 1. The van der Waals surface area contributed by atoms with Crippen LogP contribution < -0.4 is 0 Å². The number of rotatable bonds is 4. The molecule has 0 aliphatic carbocycles. The number of benzene rings is 1. The molecule has 0 fully saturated rings. The quantitative estimate of drug-likeness (QED) is 0.924. The van der Waals surface area contributed by atoms with E-state index in [1.807, 2.05) is 0 Å². The van der Waals surface area contributed by atoms with Gasteiger partial charge in [0.2, 0.25) is 0 Å². The Balaban J connectivity index is 2.30. The van der Waals surface area contributed by atoms with Crippen LogP contribution in [-0.2, 0) is 17.4 Å². The maximum absolute atomic E-state index is 12.7. The molecule has 0 radical (unpaired) electrons. The summed E-state index contributed by atoms with van der Waals surface area (Å²) < 4.78 is 43.2. The second-order valence-electron chi connectivity index (χ2n) is 4.25. The number of hydrogen-bond acceptors (Lipinski definition) is 3. The first-order chi connectivity index (χ1) is 9.75. The van der Waals surface area contributed by atoms with Gasteiger partial charge in [0.25, 0.3) is 0 Å². The van der Waals surface area contributed by atoms with Crippen LogP contribution in [0.5, 0.6) is 0 Å². The van der Waals surface area contributed by atoms with Gasteiger partial charge >= 0.3 is 12.1 Å². The van der Waals surface area contributed by atoms with Crippen LogP contribution >= 0.6 is 11.6 Å². The molecule has 0 aliphatic heterocycles. The Bertz CT molecular complexity index is 667. The minimum absolute atomic E-state index is 0.0576. The molecular formula is C13H9ClF3NO3. The zero-order valence-corrected chi connectivity index (χ0v) is 11.2. The number of carboxylic acids is 1. The molecular weight excluding hydrogens is 311 g/mol. The summed E-state index contributed by atoms with van der Waals surface area (Å²) in [5, 5.41) is 8.47. The first-order valence-corrected chi connectivity index (χ1v) is 6.18. The van der Waals surface area contributed by atoms with E-state index in [1.165, 1.54) is 12.3 Å². The zero-order valence-electron chi connectivity index (χ0n) is 10.4. The summed E-state index contributed by atoms with van der Waals surface area (Å²) in [7, 11) is 0. The van der Waals surface area contributed by atoms with Gasteiger partial charge in [-0.1, -0.05) is 11.6 Å². The van der Waals surface area contributed by atoms with Crippen molar-refractivity contribution in [3.63, 3.8) is 0 Å². The number of halogens is 4. The predicted octanol–water partition coefficient (Wildman–Crippen LogP) is 4.03. The predicted molar refractivity (Wildman–Crippen MR) is 67.9 cm³/mol. The van der Waals surface area contributed by atoms with Crippen molar-refractivity contribution in [2.75, 3.05) is 0 Å². The van der Waals surface area contributed by atoms with Crippen molar-refractivity contribution < 1.29 is 27.5 Å². The van der Waals surface area contributed by atoms with E-state index in [0.717, 1.165) is 12.1 Å². The second-order valence-corrected chi connectivity index (χ2v) is 4.68. The van der Waals surface area contributed by atoms with Crippen molar-refractivity contribution in [3.05, 3.63) is 40.9 Å². The molecule has 21 heavy (non-hydrogen) atoms. The van der Waals surface area contributed by atoms with Crippen molar-refractivity contribution in [1.29, 1.82) is 0 Å². The molecule has 1 aromatic heterocycles. The van der Waals surface area contributed by atoms with Gasteiger partial charge in [-0.3, -0.25) is 4.79 Å². The first kappa shape index (κ1) is 15.4. The van der Waals surface area contributed by atoms with Gasteiger partial charge in [0, 0.05) is 17.0 Å². The second kappa shape index (κ2) is 5.77. The summed E-state index contributed by atoms with van der Waals surface area (Å²) in [4.78, 5) is 14.4. The van der Waals surface area contributed by atoms with E-state index in [4.69, 9.17) is 21.1 Å². The lowest BCUT2D eigenvalue weighted by Crippen LogP contribution is -2.04. The van der Waals surface area contributed by atoms with Gasteiger partial charge in [0.15, 0.2) is 5.89 Å². The third-order valence-corrected chi connectivity index (χ3v) is 2.84. The smallest absolute Gasteiger partial charge is 0.416 e. The number of hydrogen-bond donors (Lipinski definition) is 1. The Morgan fingerprint density at radius 1 is 1.33 bits per heavy atom. The number of alkyl halides is 3. The molecule has 2 rings (SSSR count). The molecule has 0 saturated heterocycles. The standard InChI is InChI=1S/C13H9ClF3NO3/c14-9-4-7(3-8(5-9)13(15,16)17)10-6-21-11(18-10)1-2-12(19)20/h3-6H,1-2H2,(H,19,20). The number of aryl methyl sites for hydroxylation is 1. The van der Waals surface area contributed by atoms with E-state index in [2.05, 4.69) is 4.98 Å². The molecule has 2 aromatic rings. The molecule has 0 unspecified atom stereocenters. The van der Waals surface area contributed by atoms with Crippen molar-refractivity contribution in [2.45, 2.75) is 19.0 Å². The zero-order chi connectivity index (χ0) is 15.6. The first-order valence-electron chi connectivity index (χ1n) is 5.80. The Labute approximate surface area is 122 Å².